The number of benzene rings is 1. The van der Waals surface area contributed by atoms with Gasteiger partial charge in [-0.1, -0.05) is 12.1 Å². The maximum atomic E-state index is 12.0. The topological polar surface area (TPSA) is 54.0 Å². The number of hydrogen-bond donors (Lipinski definition) is 2. The van der Waals surface area contributed by atoms with Crippen LogP contribution in [0.5, 0.6) is 0 Å². The van der Waals surface area contributed by atoms with E-state index in [9.17, 15) is 4.79 Å². The van der Waals surface area contributed by atoms with Crippen molar-refractivity contribution in [1.29, 1.82) is 0 Å². The van der Waals surface area contributed by atoms with Gasteiger partial charge in [0.1, 0.15) is 0 Å². The molecule has 1 fully saturated rings. The number of carbonyl (C=O) groups is 1. The lowest BCUT2D eigenvalue weighted by Crippen LogP contribution is -2.27. The van der Waals surface area contributed by atoms with Gasteiger partial charge in [-0.25, -0.2) is 0 Å². The number of aromatic nitrogens is 1. The van der Waals surface area contributed by atoms with E-state index in [1.165, 1.54) is 0 Å². The third-order valence-electron chi connectivity index (χ3n) is 3.55. The molecule has 0 spiro atoms. The lowest BCUT2D eigenvalue weighted by molar-refractivity contribution is -0.116. The highest BCUT2D eigenvalue weighted by molar-refractivity contribution is 6.01. The predicted molar refractivity (Wildman–Crippen MR) is 76.0 cm³/mol. The van der Waals surface area contributed by atoms with Gasteiger partial charge in [-0.15, -0.1) is 0 Å². The number of nitrogens with zero attached hydrogens (tertiary/aromatic N) is 1. The maximum Gasteiger partial charge on any atom is 0.225 e. The van der Waals surface area contributed by atoms with Gasteiger partial charge in [0.15, 0.2) is 0 Å². The first-order valence-electron chi connectivity index (χ1n) is 6.69. The Morgan fingerprint density at radius 3 is 3.21 bits per heavy atom. The van der Waals surface area contributed by atoms with Crippen molar-refractivity contribution in [3.63, 3.8) is 0 Å². The van der Waals surface area contributed by atoms with E-state index in [1.807, 2.05) is 30.5 Å². The van der Waals surface area contributed by atoms with Crippen molar-refractivity contribution in [2.24, 2.45) is 0 Å². The summed E-state index contributed by atoms with van der Waals surface area (Å²) in [5.41, 5.74) is 0.864. The van der Waals surface area contributed by atoms with Crippen LogP contribution in [0.2, 0.25) is 0 Å². The summed E-state index contributed by atoms with van der Waals surface area (Å²) < 4.78 is 0. The van der Waals surface area contributed by atoms with E-state index in [2.05, 4.69) is 15.6 Å². The second-order valence-corrected chi connectivity index (χ2v) is 4.95. The summed E-state index contributed by atoms with van der Waals surface area (Å²) in [6, 6.07) is 8.13. The first-order valence-corrected chi connectivity index (χ1v) is 6.69. The number of anilines is 1. The number of fused-ring (bicyclic) bond motifs is 1. The average Bonchev–Trinajstić information content (AvgIpc) is 2.92. The minimum atomic E-state index is 0.0729. The molecule has 1 aromatic heterocycles. The Kier molecular flexibility index (Phi) is 3.42. The van der Waals surface area contributed by atoms with E-state index < -0.39 is 0 Å². The van der Waals surface area contributed by atoms with Crippen molar-refractivity contribution < 1.29 is 4.79 Å². The third-order valence-corrected chi connectivity index (χ3v) is 3.55. The molecule has 19 heavy (non-hydrogen) atoms. The smallest absolute Gasteiger partial charge is 0.225 e. The third kappa shape index (κ3) is 2.74. The Labute approximate surface area is 112 Å². The highest BCUT2D eigenvalue weighted by atomic mass is 16.1. The summed E-state index contributed by atoms with van der Waals surface area (Å²) in [7, 11) is 0. The number of carbonyl (C=O) groups excluding carboxylic acids is 1. The Hall–Kier alpha value is -1.94. The Balaban J connectivity index is 1.75. The molecule has 0 aliphatic carbocycles. The van der Waals surface area contributed by atoms with Crippen molar-refractivity contribution in [1.82, 2.24) is 10.3 Å². The fraction of sp³-hybridized carbons (Fsp3) is 0.333. The van der Waals surface area contributed by atoms with E-state index in [-0.39, 0.29) is 5.91 Å². The van der Waals surface area contributed by atoms with Crippen LogP contribution in [0.15, 0.2) is 36.7 Å². The lowest BCUT2D eigenvalue weighted by Gasteiger charge is -2.12. The summed E-state index contributed by atoms with van der Waals surface area (Å²) in [6.45, 7) is 1.03. The first kappa shape index (κ1) is 12.1. The summed E-state index contributed by atoms with van der Waals surface area (Å²) in [5, 5.41) is 8.42. The molecule has 0 radical (unpaired) electrons. The molecule has 1 aliphatic heterocycles. The van der Waals surface area contributed by atoms with E-state index in [0.717, 1.165) is 35.8 Å². The van der Waals surface area contributed by atoms with Crippen molar-refractivity contribution in [3.05, 3.63) is 36.7 Å². The second kappa shape index (κ2) is 5.36. The Morgan fingerprint density at radius 1 is 1.42 bits per heavy atom. The van der Waals surface area contributed by atoms with Gasteiger partial charge in [0.25, 0.3) is 0 Å². The SMILES string of the molecule is O=C(CC1CCCN1)Nc1cccc2cnccc12. The molecule has 0 bridgehead atoms. The molecule has 1 amide bonds. The molecular weight excluding hydrogens is 238 g/mol. The van der Waals surface area contributed by atoms with Crippen LogP contribution in [0.3, 0.4) is 0 Å². The number of pyridine rings is 1. The second-order valence-electron chi connectivity index (χ2n) is 4.95. The Morgan fingerprint density at radius 2 is 2.37 bits per heavy atom. The Bertz CT molecular complexity index is 585. The van der Waals surface area contributed by atoms with Gasteiger partial charge in [-0.3, -0.25) is 9.78 Å². The minimum absolute atomic E-state index is 0.0729. The molecule has 4 heteroatoms. The summed E-state index contributed by atoms with van der Waals surface area (Å²) >= 11 is 0. The molecule has 4 nitrogen and oxygen atoms in total. The highest BCUT2D eigenvalue weighted by Gasteiger charge is 2.17. The zero-order chi connectivity index (χ0) is 13.1. The fourth-order valence-electron chi connectivity index (χ4n) is 2.59. The molecule has 1 aliphatic rings. The molecule has 1 saturated heterocycles. The normalized spacial score (nSPS) is 18.6. The summed E-state index contributed by atoms with van der Waals surface area (Å²) in [6.07, 6.45) is 6.35. The summed E-state index contributed by atoms with van der Waals surface area (Å²) in [5.74, 6) is 0.0729. The molecule has 3 rings (SSSR count). The largest absolute Gasteiger partial charge is 0.325 e. The van der Waals surface area contributed by atoms with Gasteiger partial charge in [0.2, 0.25) is 5.91 Å². The zero-order valence-electron chi connectivity index (χ0n) is 10.7. The molecule has 0 saturated carbocycles. The number of nitrogens with one attached hydrogen (secondary N) is 2. The molecule has 1 unspecified atom stereocenters. The number of amides is 1. The van der Waals surface area contributed by atoms with Crippen LogP contribution in [-0.4, -0.2) is 23.5 Å². The van der Waals surface area contributed by atoms with E-state index in [4.69, 9.17) is 0 Å². The predicted octanol–water partition coefficient (Wildman–Crippen LogP) is 2.32. The molecule has 2 heterocycles. The minimum Gasteiger partial charge on any atom is -0.325 e. The van der Waals surface area contributed by atoms with Gasteiger partial charge in [0, 0.05) is 41.3 Å². The molecule has 98 valence electrons. The van der Waals surface area contributed by atoms with Gasteiger partial charge in [-0.2, -0.15) is 0 Å². The van der Waals surface area contributed by atoms with Crippen LogP contribution in [0.4, 0.5) is 5.69 Å². The molecule has 2 aromatic rings. The van der Waals surface area contributed by atoms with Crippen LogP contribution in [-0.2, 0) is 4.79 Å². The monoisotopic (exact) mass is 255 g/mol. The quantitative estimate of drug-likeness (QED) is 0.885. The van der Waals surface area contributed by atoms with Crippen LogP contribution in [0.1, 0.15) is 19.3 Å². The van der Waals surface area contributed by atoms with Crippen molar-refractivity contribution in [2.45, 2.75) is 25.3 Å². The van der Waals surface area contributed by atoms with Crippen LogP contribution >= 0.6 is 0 Å². The summed E-state index contributed by atoms with van der Waals surface area (Å²) in [4.78, 5) is 16.1. The van der Waals surface area contributed by atoms with E-state index >= 15 is 0 Å². The van der Waals surface area contributed by atoms with Gasteiger partial charge in [-0.05, 0) is 31.5 Å². The molecule has 1 aromatic carbocycles. The standard InChI is InChI=1S/C15H17N3O/c19-15(9-12-4-2-7-17-12)18-14-5-1-3-11-10-16-8-6-13(11)14/h1,3,5-6,8,10,12,17H,2,4,7,9H2,(H,18,19). The maximum absolute atomic E-state index is 12.0. The van der Waals surface area contributed by atoms with Crippen molar-refractivity contribution in [3.8, 4) is 0 Å². The molecule has 2 N–H and O–H groups in total. The highest BCUT2D eigenvalue weighted by Crippen LogP contribution is 2.22. The first-order chi connectivity index (χ1) is 9.33. The van der Waals surface area contributed by atoms with Gasteiger partial charge < -0.3 is 10.6 Å². The molecular formula is C15H17N3O. The zero-order valence-corrected chi connectivity index (χ0v) is 10.7. The fourth-order valence-corrected chi connectivity index (χ4v) is 2.59. The van der Waals surface area contributed by atoms with Crippen LogP contribution < -0.4 is 10.6 Å². The van der Waals surface area contributed by atoms with Crippen molar-refractivity contribution >= 4 is 22.4 Å². The van der Waals surface area contributed by atoms with E-state index in [1.54, 1.807) is 6.20 Å². The van der Waals surface area contributed by atoms with Gasteiger partial charge in [0.05, 0.1) is 0 Å². The van der Waals surface area contributed by atoms with Gasteiger partial charge >= 0.3 is 0 Å². The number of hydrogen-bond acceptors (Lipinski definition) is 3. The van der Waals surface area contributed by atoms with E-state index in [0.29, 0.717) is 12.5 Å². The van der Waals surface area contributed by atoms with Crippen molar-refractivity contribution in [2.75, 3.05) is 11.9 Å². The molecule has 1 atom stereocenters. The number of rotatable bonds is 3. The van der Waals surface area contributed by atoms with Crippen LogP contribution in [0, 0.1) is 0 Å². The van der Waals surface area contributed by atoms with Crippen LogP contribution in [0.25, 0.3) is 10.8 Å². The average molecular weight is 255 g/mol. The lowest BCUT2D eigenvalue weighted by atomic mass is 10.1.